The van der Waals surface area contributed by atoms with Crippen LogP contribution in [0.4, 0.5) is 4.79 Å². The average Bonchev–Trinajstić information content (AvgIpc) is 2.97. The number of amides is 1. The van der Waals surface area contributed by atoms with E-state index in [0.29, 0.717) is 6.54 Å². The molecule has 1 unspecified atom stereocenters. The molecule has 2 saturated heterocycles. The van der Waals surface area contributed by atoms with Gasteiger partial charge in [0.2, 0.25) is 0 Å². The van der Waals surface area contributed by atoms with E-state index in [1.807, 2.05) is 29.2 Å². The Morgan fingerprint density at radius 3 is 2.28 bits per heavy atom. The molecular weight excluding hydrogens is 364 g/mol. The molecule has 0 N–H and O–H groups in total. The lowest BCUT2D eigenvalue weighted by Crippen LogP contribution is -2.52. The maximum atomic E-state index is 13.0. The zero-order valence-corrected chi connectivity index (χ0v) is 17.6. The number of carbonyl (C=O) groups is 1. The van der Waals surface area contributed by atoms with Crippen LogP contribution in [0.25, 0.3) is 0 Å². The minimum absolute atomic E-state index is 0.0357. The third kappa shape index (κ3) is 4.10. The molecule has 0 aromatic heterocycles. The molecule has 1 spiro atoms. The Bertz CT molecular complexity index is 839. The number of aryl methyl sites for hydroxylation is 1. The predicted molar refractivity (Wildman–Crippen MR) is 113 cm³/mol. The van der Waals surface area contributed by atoms with Crippen LogP contribution in [0.1, 0.15) is 29.5 Å². The van der Waals surface area contributed by atoms with Gasteiger partial charge in [-0.05, 0) is 43.7 Å². The molecule has 2 fully saturated rings. The highest BCUT2D eigenvalue weighted by Gasteiger charge is 2.54. The first-order chi connectivity index (χ1) is 14.0. The Balaban J connectivity index is 1.61. The molecule has 1 amide bonds. The van der Waals surface area contributed by atoms with Gasteiger partial charge in [-0.1, -0.05) is 42.0 Å². The van der Waals surface area contributed by atoms with Crippen molar-refractivity contribution in [1.29, 1.82) is 0 Å². The first-order valence-electron chi connectivity index (χ1n) is 10.4. The molecular formula is C24H30N2O3. The molecule has 1 atom stereocenters. The van der Waals surface area contributed by atoms with Gasteiger partial charge in [0, 0.05) is 32.5 Å². The molecule has 0 aliphatic carbocycles. The Morgan fingerprint density at radius 2 is 1.66 bits per heavy atom. The predicted octanol–water partition coefficient (Wildman–Crippen LogP) is 4.03. The number of rotatable bonds is 5. The van der Waals surface area contributed by atoms with Crippen molar-refractivity contribution in [3.05, 3.63) is 65.2 Å². The van der Waals surface area contributed by atoms with Crippen LogP contribution in [0, 0.1) is 6.92 Å². The van der Waals surface area contributed by atoms with Crippen molar-refractivity contribution in [3.8, 4) is 5.75 Å². The Hall–Kier alpha value is -2.53. The number of nitrogens with zero attached hydrogens (tertiary/aromatic N) is 2. The number of likely N-dealkylation sites (tertiary alicyclic amines) is 1. The van der Waals surface area contributed by atoms with Crippen molar-refractivity contribution < 1.29 is 14.3 Å². The van der Waals surface area contributed by atoms with Gasteiger partial charge in [-0.2, -0.15) is 0 Å². The lowest BCUT2D eigenvalue weighted by Gasteiger charge is -2.40. The van der Waals surface area contributed by atoms with Crippen molar-refractivity contribution in [1.82, 2.24) is 9.80 Å². The molecule has 5 nitrogen and oxygen atoms in total. The van der Waals surface area contributed by atoms with Crippen LogP contribution in [0.3, 0.4) is 0 Å². The maximum absolute atomic E-state index is 13.0. The van der Waals surface area contributed by atoms with Crippen LogP contribution < -0.4 is 4.74 Å². The van der Waals surface area contributed by atoms with Gasteiger partial charge in [-0.15, -0.1) is 0 Å². The lowest BCUT2D eigenvalue weighted by atomic mass is 9.81. The molecule has 154 valence electrons. The molecule has 2 aromatic carbocycles. The number of piperidine rings is 1. The lowest BCUT2D eigenvalue weighted by molar-refractivity contribution is -0.0165. The summed E-state index contributed by atoms with van der Waals surface area (Å²) in [7, 11) is 3.79. The van der Waals surface area contributed by atoms with Gasteiger partial charge in [0.1, 0.15) is 11.4 Å². The summed E-state index contributed by atoms with van der Waals surface area (Å²) in [6.07, 6.45) is 2.38. The van der Waals surface area contributed by atoms with Crippen LogP contribution in [0.2, 0.25) is 0 Å². The summed E-state index contributed by atoms with van der Waals surface area (Å²) in [5, 5.41) is 0. The highest BCUT2D eigenvalue weighted by molar-refractivity contribution is 5.72. The summed E-state index contributed by atoms with van der Waals surface area (Å²) in [6, 6.07) is 16.6. The second-order valence-electron chi connectivity index (χ2n) is 8.42. The average molecular weight is 395 g/mol. The Kier molecular flexibility index (Phi) is 5.50. The van der Waals surface area contributed by atoms with E-state index in [1.165, 1.54) is 11.1 Å². The van der Waals surface area contributed by atoms with E-state index >= 15 is 0 Å². The van der Waals surface area contributed by atoms with Gasteiger partial charge in [-0.25, -0.2) is 4.79 Å². The number of hydrogen-bond donors (Lipinski definition) is 0. The van der Waals surface area contributed by atoms with E-state index in [4.69, 9.17) is 9.47 Å². The SMILES string of the molecule is COc1ccc(CN2C(=O)OC3(CCN(C)CC3)C2Cc2ccc(C)cc2)cc1. The van der Waals surface area contributed by atoms with Crippen LogP contribution in [-0.4, -0.2) is 54.8 Å². The third-order valence-electron chi connectivity index (χ3n) is 6.40. The molecule has 0 radical (unpaired) electrons. The molecule has 2 aliphatic rings. The molecule has 5 heteroatoms. The number of benzene rings is 2. The summed E-state index contributed by atoms with van der Waals surface area (Å²) in [4.78, 5) is 17.2. The Labute approximate surface area is 173 Å². The van der Waals surface area contributed by atoms with E-state index in [9.17, 15) is 4.79 Å². The van der Waals surface area contributed by atoms with Gasteiger partial charge in [0.25, 0.3) is 0 Å². The van der Waals surface area contributed by atoms with E-state index < -0.39 is 5.60 Å². The van der Waals surface area contributed by atoms with Gasteiger partial charge >= 0.3 is 6.09 Å². The molecule has 0 bridgehead atoms. The smallest absolute Gasteiger partial charge is 0.411 e. The summed E-state index contributed by atoms with van der Waals surface area (Å²) < 4.78 is 11.4. The van der Waals surface area contributed by atoms with Crippen LogP contribution >= 0.6 is 0 Å². The third-order valence-corrected chi connectivity index (χ3v) is 6.40. The van der Waals surface area contributed by atoms with Crippen molar-refractivity contribution in [2.45, 2.75) is 44.4 Å². The highest BCUT2D eigenvalue weighted by Crippen LogP contribution is 2.40. The minimum Gasteiger partial charge on any atom is -0.497 e. The second-order valence-corrected chi connectivity index (χ2v) is 8.42. The summed E-state index contributed by atoms with van der Waals surface area (Å²) in [5.74, 6) is 0.820. The second kappa shape index (κ2) is 8.07. The summed E-state index contributed by atoms with van der Waals surface area (Å²) >= 11 is 0. The van der Waals surface area contributed by atoms with E-state index in [0.717, 1.165) is 43.7 Å². The van der Waals surface area contributed by atoms with E-state index in [2.05, 4.69) is 43.1 Å². The quantitative estimate of drug-likeness (QED) is 0.768. The molecule has 4 rings (SSSR count). The number of carbonyl (C=O) groups excluding carboxylic acids is 1. The zero-order valence-electron chi connectivity index (χ0n) is 17.6. The fraction of sp³-hybridized carbons (Fsp3) is 0.458. The fourth-order valence-electron chi connectivity index (χ4n) is 4.49. The van der Waals surface area contributed by atoms with Crippen molar-refractivity contribution in [3.63, 3.8) is 0 Å². The van der Waals surface area contributed by atoms with Crippen LogP contribution in [0.5, 0.6) is 5.75 Å². The number of methoxy groups -OCH3 is 1. The highest BCUT2D eigenvalue weighted by atomic mass is 16.6. The van der Waals surface area contributed by atoms with Gasteiger partial charge < -0.3 is 14.4 Å². The van der Waals surface area contributed by atoms with Gasteiger partial charge in [-0.3, -0.25) is 4.90 Å². The van der Waals surface area contributed by atoms with Crippen molar-refractivity contribution in [2.24, 2.45) is 0 Å². The maximum Gasteiger partial charge on any atom is 0.411 e. The van der Waals surface area contributed by atoms with E-state index in [-0.39, 0.29) is 12.1 Å². The molecule has 2 heterocycles. The topological polar surface area (TPSA) is 42.0 Å². The van der Waals surface area contributed by atoms with Crippen molar-refractivity contribution in [2.75, 3.05) is 27.2 Å². The standard InChI is InChI=1S/C24H30N2O3/c1-18-4-6-19(7-5-18)16-22-24(12-14-25(2)15-13-24)29-23(27)26(22)17-20-8-10-21(28-3)11-9-20/h4-11,22H,12-17H2,1-3H3. The number of ether oxygens (including phenoxy) is 2. The zero-order chi connectivity index (χ0) is 20.4. The molecule has 2 aromatic rings. The first kappa shape index (κ1) is 19.8. The number of hydrogen-bond acceptors (Lipinski definition) is 4. The minimum atomic E-state index is -0.402. The largest absolute Gasteiger partial charge is 0.497 e. The van der Waals surface area contributed by atoms with Crippen LogP contribution in [0.15, 0.2) is 48.5 Å². The molecule has 29 heavy (non-hydrogen) atoms. The van der Waals surface area contributed by atoms with Crippen molar-refractivity contribution >= 4 is 6.09 Å². The van der Waals surface area contributed by atoms with Crippen LogP contribution in [-0.2, 0) is 17.7 Å². The Morgan fingerprint density at radius 1 is 1.03 bits per heavy atom. The van der Waals surface area contributed by atoms with Gasteiger partial charge in [0.05, 0.1) is 13.2 Å². The monoisotopic (exact) mass is 394 g/mol. The van der Waals surface area contributed by atoms with Gasteiger partial charge in [0.15, 0.2) is 0 Å². The molecule has 2 aliphatic heterocycles. The van der Waals surface area contributed by atoms with E-state index in [1.54, 1.807) is 7.11 Å². The summed E-state index contributed by atoms with van der Waals surface area (Å²) in [6.45, 7) is 4.56. The summed E-state index contributed by atoms with van der Waals surface area (Å²) in [5.41, 5.74) is 3.18. The molecule has 0 saturated carbocycles. The fourth-order valence-corrected chi connectivity index (χ4v) is 4.49. The first-order valence-corrected chi connectivity index (χ1v) is 10.4. The normalized spacial score (nSPS) is 21.4.